The highest BCUT2D eigenvalue weighted by Gasteiger charge is 2.10. The molecule has 86 valence electrons. The maximum absolute atomic E-state index is 3.25. The molecular weight excluding hydrogens is 184 g/mol. The molecule has 1 aromatic heterocycles. The molecule has 0 aliphatic rings. The standard InChI is InChI=1S/C13H24N2/c1-11(14-5)12-6-8-15(10-12)9-7-13(2,3)4/h6,8,10-11,14H,7,9H2,1-5H3. The first-order chi connectivity index (χ1) is 6.92. The zero-order valence-corrected chi connectivity index (χ0v) is 10.7. The molecule has 0 spiro atoms. The number of hydrogen-bond donors (Lipinski definition) is 1. The molecule has 0 aromatic carbocycles. The summed E-state index contributed by atoms with van der Waals surface area (Å²) in [4.78, 5) is 0. The molecule has 0 saturated carbocycles. The van der Waals surface area contributed by atoms with Crippen LogP contribution < -0.4 is 5.32 Å². The number of nitrogens with one attached hydrogen (secondary N) is 1. The van der Waals surface area contributed by atoms with Crippen LogP contribution in [0.3, 0.4) is 0 Å². The van der Waals surface area contributed by atoms with Crippen LogP contribution in [0.15, 0.2) is 18.5 Å². The smallest absolute Gasteiger partial charge is 0.0304 e. The second kappa shape index (κ2) is 4.84. The van der Waals surface area contributed by atoms with Gasteiger partial charge in [-0.2, -0.15) is 0 Å². The van der Waals surface area contributed by atoms with Gasteiger partial charge in [0.25, 0.3) is 0 Å². The van der Waals surface area contributed by atoms with Crippen LogP contribution in [0.4, 0.5) is 0 Å². The summed E-state index contributed by atoms with van der Waals surface area (Å²) in [6.07, 6.45) is 5.64. The van der Waals surface area contributed by atoms with E-state index >= 15 is 0 Å². The van der Waals surface area contributed by atoms with Crippen LogP contribution in [0.2, 0.25) is 0 Å². The van der Waals surface area contributed by atoms with Crippen molar-refractivity contribution in [3.63, 3.8) is 0 Å². The summed E-state index contributed by atoms with van der Waals surface area (Å²) < 4.78 is 2.29. The third-order valence-electron chi connectivity index (χ3n) is 2.83. The molecule has 1 atom stereocenters. The lowest BCUT2D eigenvalue weighted by Crippen LogP contribution is -2.12. The van der Waals surface area contributed by atoms with Crippen molar-refractivity contribution >= 4 is 0 Å². The summed E-state index contributed by atoms with van der Waals surface area (Å²) in [5.41, 5.74) is 1.78. The second-order valence-electron chi connectivity index (χ2n) is 5.50. The van der Waals surface area contributed by atoms with Crippen molar-refractivity contribution < 1.29 is 0 Å². The summed E-state index contributed by atoms with van der Waals surface area (Å²) in [7, 11) is 2.00. The summed E-state index contributed by atoms with van der Waals surface area (Å²) in [6.45, 7) is 10.2. The molecule has 1 heterocycles. The first-order valence-corrected chi connectivity index (χ1v) is 5.75. The van der Waals surface area contributed by atoms with Gasteiger partial charge in [-0.3, -0.25) is 0 Å². The first kappa shape index (κ1) is 12.3. The highest BCUT2D eigenvalue weighted by molar-refractivity contribution is 5.14. The Bertz CT molecular complexity index is 294. The van der Waals surface area contributed by atoms with Gasteiger partial charge in [-0.1, -0.05) is 20.8 Å². The van der Waals surface area contributed by atoms with E-state index in [0.29, 0.717) is 11.5 Å². The molecule has 0 fully saturated rings. The van der Waals surface area contributed by atoms with E-state index in [1.54, 1.807) is 0 Å². The molecular formula is C13H24N2. The maximum atomic E-state index is 3.25. The van der Waals surface area contributed by atoms with E-state index in [2.05, 4.69) is 56.0 Å². The third-order valence-corrected chi connectivity index (χ3v) is 2.83. The fraction of sp³-hybridized carbons (Fsp3) is 0.692. The van der Waals surface area contributed by atoms with Crippen molar-refractivity contribution in [2.75, 3.05) is 7.05 Å². The van der Waals surface area contributed by atoms with Gasteiger partial charge in [0.2, 0.25) is 0 Å². The van der Waals surface area contributed by atoms with Gasteiger partial charge < -0.3 is 9.88 Å². The predicted molar refractivity (Wildman–Crippen MR) is 66.0 cm³/mol. The van der Waals surface area contributed by atoms with Gasteiger partial charge in [0, 0.05) is 25.0 Å². The van der Waals surface area contributed by atoms with Crippen molar-refractivity contribution in [3.8, 4) is 0 Å². The normalized spacial score (nSPS) is 14.2. The van der Waals surface area contributed by atoms with Crippen molar-refractivity contribution in [2.24, 2.45) is 5.41 Å². The monoisotopic (exact) mass is 208 g/mol. The van der Waals surface area contributed by atoms with Crippen molar-refractivity contribution in [2.45, 2.75) is 46.7 Å². The molecule has 0 aliphatic carbocycles. The molecule has 0 aliphatic heterocycles. The van der Waals surface area contributed by atoms with E-state index in [0.717, 1.165) is 6.54 Å². The lowest BCUT2D eigenvalue weighted by atomic mass is 9.92. The number of rotatable bonds is 4. The van der Waals surface area contributed by atoms with E-state index in [1.165, 1.54) is 12.0 Å². The van der Waals surface area contributed by atoms with Gasteiger partial charge in [0.05, 0.1) is 0 Å². The average molecular weight is 208 g/mol. The van der Waals surface area contributed by atoms with Gasteiger partial charge in [0.1, 0.15) is 0 Å². The molecule has 0 bridgehead atoms. The van der Waals surface area contributed by atoms with E-state index < -0.39 is 0 Å². The van der Waals surface area contributed by atoms with Crippen molar-refractivity contribution in [1.82, 2.24) is 9.88 Å². The highest BCUT2D eigenvalue weighted by atomic mass is 14.9. The van der Waals surface area contributed by atoms with Crippen LogP contribution in [0.1, 0.15) is 45.7 Å². The summed E-state index contributed by atoms with van der Waals surface area (Å²) in [5, 5.41) is 3.25. The molecule has 1 rings (SSSR count). The van der Waals surface area contributed by atoms with Crippen LogP contribution in [0.5, 0.6) is 0 Å². The molecule has 1 N–H and O–H groups in total. The number of aromatic nitrogens is 1. The molecule has 2 heteroatoms. The maximum Gasteiger partial charge on any atom is 0.0304 e. The molecule has 0 amide bonds. The van der Waals surface area contributed by atoms with Crippen LogP contribution in [0, 0.1) is 5.41 Å². The third kappa shape index (κ3) is 4.08. The van der Waals surface area contributed by atoms with Gasteiger partial charge in [-0.15, -0.1) is 0 Å². The Morgan fingerprint density at radius 3 is 2.60 bits per heavy atom. The van der Waals surface area contributed by atoms with Crippen molar-refractivity contribution in [1.29, 1.82) is 0 Å². The Labute approximate surface area is 93.7 Å². The molecule has 0 radical (unpaired) electrons. The number of aryl methyl sites for hydroxylation is 1. The van der Waals surface area contributed by atoms with Gasteiger partial charge in [-0.05, 0) is 37.4 Å². The van der Waals surface area contributed by atoms with E-state index in [9.17, 15) is 0 Å². The number of nitrogens with zero attached hydrogens (tertiary/aromatic N) is 1. The van der Waals surface area contributed by atoms with Crippen LogP contribution in [-0.2, 0) is 6.54 Å². The van der Waals surface area contributed by atoms with Crippen molar-refractivity contribution in [3.05, 3.63) is 24.0 Å². The molecule has 0 saturated heterocycles. The topological polar surface area (TPSA) is 17.0 Å². The summed E-state index contributed by atoms with van der Waals surface area (Å²) in [5.74, 6) is 0. The summed E-state index contributed by atoms with van der Waals surface area (Å²) in [6, 6.07) is 2.64. The molecule has 1 aromatic rings. The van der Waals surface area contributed by atoms with E-state index in [-0.39, 0.29) is 0 Å². The first-order valence-electron chi connectivity index (χ1n) is 5.75. The van der Waals surface area contributed by atoms with Crippen LogP contribution in [0.25, 0.3) is 0 Å². The second-order valence-corrected chi connectivity index (χ2v) is 5.50. The Morgan fingerprint density at radius 1 is 1.40 bits per heavy atom. The molecule has 2 nitrogen and oxygen atoms in total. The lowest BCUT2D eigenvalue weighted by Gasteiger charge is -2.18. The van der Waals surface area contributed by atoms with E-state index in [1.807, 2.05) is 7.05 Å². The largest absolute Gasteiger partial charge is 0.354 e. The molecule has 15 heavy (non-hydrogen) atoms. The van der Waals surface area contributed by atoms with Gasteiger partial charge >= 0.3 is 0 Å². The predicted octanol–water partition coefficient (Wildman–Crippen LogP) is 3.20. The molecule has 1 unspecified atom stereocenters. The minimum absolute atomic E-state index is 0.416. The minimum Gasteiger partial charge on any atom is -0.354 e. The highest BCUT2D eigenvalue weighted by Crippen LogP contribution is 2.20. The van der Waals surface area contributed by atoms with Crippen LogP contribution >= 0.6 is 0 Å². The Balaban J connectivity index is 2.53. The number of hydrogen-bond acceptors (Lipinski definition) is 1. The summed E-state index contributed by atoms with van der Waals surface area (Å²) >= 11 is 0. The fourth-order valence-corrected chi connectivity index (χ4v) is 1.49. The fourth-order valence-electron chi connectivity index (χ4n) is 1.49. The Hall–Kier alpha value is -0.760. The lowest BCUT2D eigenvalue weighted by molar-refractivity contribution is 0.350. The van der Waals surface area contributed by atoms with E-state index in [4.69, 9.17) is 0 Å². The SMILES string of the molecule is CNC(C)c1ccn(CCC(C)(C)C)c1. The van der Waals surface area contributed by atoms with Crippen LogP contribution in [-0.4, -0.2) is 11.6 Å². The zero-order valence-electron chi connectivity index (χ0n) is 10.7. The van der Waals surface area contributed by atoms with Gasteiger partial charge in [-0.25, -0.2) is 0 Å². The minimum atomic E-state index is 0.416. The Kier molecular flexibility index (Phi) is 3.97. The Morgan fingerprint density at radius 2 is 2.07 bits per heavy atom. The van der Waals surface area contributed by atoms with Gasteiger partial charge in [0.15, 0.2) is 0 Å². The average Bonchev–Trinajstić information content (AvgIpc) is 2.61. The quantitative estimate of drug-likeness (QED) is 0.804. The zero-order chi connectivity index (χ0) is 11.5.